The van der Waals surface area contributed by atoms with Gasteiger partial charge in [-0.2, -0.15) is 0 Å². The Bertz CT molecular complexity index is 1030. The summed E-state index contributed by atoms with van der Waals surface area (Å²) in [4.78, 5) is 25.8. The predicted molar refractivity (Wildman–Crippen MR) is 124 cm³/mol. The molecule has 0 heterocycles. The summed E-state index contributed by atoms with van der Waals surface area (Å²) < 4.78 is 0. The van der Waals surface area contributed by atoms with Gasteiger partial charge in [0.2, 0.25) is 5.91 Å². The van der Waals surface area contributed by atoms with Crippen LogP contribution in [0.4, 0.5) is 5.69 Å². The van der Waals surface area contributed by atoms with Crippen molar-refractivity contribution in [3.8, 4) is 11.1 Å². The fourth-order valence-corrected chi connectivity index (χ4v) is 3.03. The smallest absolute Gasteiger partial charge is 0.257 e. The van der Waals surface area contributed by atoms with Crippen molar-refractivity contribution in [3.05, 3.63) is 90.0 Å². The van der Waals surface area contributed by atoms with Gasteiger partial charge in [-0.15, -0.1) is 0 Å². The van der Waals surface area contributed by atoms with Gasteiger partial charge in [-0.05, 0) is 53.2 Å². The minimum absolute atomic E-state index is 0.0387. The zero-order valence-electron chi connectivity index (χ0n) is 16.9. The van der Waals surface area contributed by atoms with Crippen LogP contribution < -0.4 is 10.6 Å². The quantitative estimate of drug-likeness (QED) is 0.614. The number of carbonyl (C=O) groups excluding carboxylic acids is 2. The molecule has 0 atom stereocenters. The second-order valence-electron chi connectivity index (χ2n) is 7.01. The van der Waals surface area contributed by atoms with Crippen molar-refractivity contribution in [3.63, 3.8) is 0 Å². The lowest BCUT2D eigenvalue weighted by molar-refractivity contribution is -0.127. The van der Waals surface area contributed by atoms with Gasteiger partial charge in [0.25, 0.3) is 5.91 Å². The second-order valence-corrected chi connectivity index (χ2v) is 7.42. The van der Waals surface area contributed by atoms with Crippen LogP contribution in [0.15, 0.2) is 78.9 Å². The highest BCUT2D eigenvalue weighted by Crippen LogP contribution is 2.19. The monoisotopic (exact) mass is 417 g/mol. The number of likely N-dealkylation sites (N-methyl/N-ethyl adjacent to an activating group) is 1. The molecule has 0 fully saturated rings. The summed E-state index contributed by atoms with van der Waals surface area (Å²) in [5.74, 6) is -0.239. The van der Waals surface area contributed by atoms with Gasteiger partial charge in [0.15, 0.2) is 5.11 Å². The van der Waals surface area contributed by atoms with E-state index in [0.717, 1.165) is 22.4 Å². The lowest BCUT2D eigenvalue weighted by Gasteiger charge is -2.12. The molecule has 3 aromatic carbocycles. The number of nitrogens with zero attached hydrogens (tertiary/aromatic N) is 1. The molecule has 5 nitrogen and oxygen atoms in total. The number of benzene rings is 3. The molecule has 0 unspecified atom stereocenters. The van der Waals surface area contributed by atoms with Crippen LogP contribution in [0.5, 0.6) is 0 Å². The number of anilines is 1. The molecule has 152 valence electrons. The molecular weight excluding hydrogens is 394 g/mol. The third kappa shape index (κ3) is 5.75. The third-order valence-electron chi connectivity index (χ3n) is 4.55. The van der Waals surface area contributed by atoms with Crippen molar-refractivity contribution in [2.75, 3.05) is 19.4 Å². The summed E-state index contributed by atoms with van der Waals surface area (Å²) in [5.41, 5.74) is 4.31. The lowest BCUT2D eigenvalue weighted by atomic mass is 10.0. The molecule has 0 saturated carbocycles. The zero-order chi connectivity index (χ0) is 21.5. The molecule has 3 rings (SSSR count). The van der Waals surface area contributed by atoms with Gasteiger partial charge in [-0.1, -0.05) is 54.6 Å². The maximum absolute atomic E-state index is 12.5. The minimum atomic E-state index is -0.277. The van der Waals surface area contributed by atoms with E-state index in [9.17, 15) is 9.59 Å². The van der Waals surface area contributed by atoms with Crippen LogP contribution in [0.3, 0.4) is 0 Å². The van der Waals surface area contributed by atoms with Gasteiger partial charge < -0.3 is 10.2 Å². The fourth-order valence-electron chi connectivity index (χ4n) is 2.82. The number of nitrogens with one attached hydrogen (secondary N) is 2. The SMILES string of the molecule is CN(C)C(=O)Cc1ccc(NC(=S)NC(=O)c2ccc(-c3ccccc3)cc2)cc1. The average Bonchev–Trinajstić information content (AvgIpc) is 2.75. The zero-order valence-corrected chi connectivity index (χ0v) is 17.7. The Morgan fingerprint density at radius 3 is 2.03 bits per heavy atom. The Hall–Kier alpha value is -3.51. The first-order valence-electron chi connectivity index (χ1n) is 9.49. The van der Waals surface area contributed by atoms with E-state index in [1.807, 2.05) is 66.7 Å². The van der Waals surface area contributed by atoms with E-state index in [0.29, 0.717) is 12.0 Å². The normalized spacial score (nSPS) is 10.2. The summed E-state index contributed by atoms with van der Waals surface area (Å²) in [6.45, 7) is 0. The maximum atomic E-state index is 12.5. The van der Waals surface area contributed by atoms with E-state index in [1.165, 1.54) is 0 Å². The molecule has 0 spiro atoms. The Morgan fingerprint density at radius 1 is 0.833 bits per heavy atom. The fraction of sp³-hybridized carbons (Fsp3) is 0.125. The van der Waals surface area contributed by atoms with Crippen molar-refractivity contribution in [1.82, 2.24) is 10.2 Å². The topological polar surface area (TPSA) is 61.4 Å². The van der Waals surface area contributed by atoms with E-state index in [-0.39, 0.29) is 16.9 Å². The highest BCUT2D eigenvalue weighted by atomic mass is 32.1. The molecule has 30 heavy (non-hydrogen) atoms. The van der Waals surface area contributed by atoms with Crippen molar-refractivity contribution in [2.45, 2.75) is 6.42 Å². The number of hydrogen-bond donors (Lipinski definition) is 2. The number of rotatable bonds is 5. The molecular formula is C24H23N3O2S. The molecule has 6 heteroatoms. The van der Waals surface area contributed by atoms with Gasteiger partial charge in [-0.3, -0.25) is 14.9 Å². The lowest BCUT2D eigenvalue weighted by Crippen LogP contribution is -2.34. The molecule has 0 bridgehead atoms. The van der Waals surface area contributed by atoms with Crippen LogP contribution in [0.1, 0.15) is 15.9 Å². The highest BCUT2D eigenvalue weighted by Gasteiger charge is 2.09. The van der Waals surface area contributed by atoms with E-state index in [4.69, 9.17) is 12.2 Å². The predicted octanol–water partition coefficient (Wildman–Crippen LogP) is 4.11. The molecule has 3 aromatic rings. The van der Waals surface area contributed by atoms with Crippen LogP contribution in [0, 0.1) is 0 Å². The Labute approximate surface area is 181 Å². The standard InChI is InChI=1S/C24H23N3O2S/c1-27(2)22(28)16-17-8-14-21(15-9-17)25-24(30)26-23(29)20-12-10-19(11-13-20)18-6-4-3-5-7-18/h3-15H,16H2,1-2H3,(H2,25,26,29,30). The summed E-state index contributed by atoms with van der Waals surface area (Å²) >= 11 is 5.25. The van der Waals surface area contributed by atoms with E-state index < -0.39 is 0 Å². The molecule has 2 amide bonds. The van der Waals surface area contributed by atoms with Gasteiger partial charge in [-0.25, -0.2) is 0 Å². The molecule has 0 aliphatic carbocycles. The molecule has 0 saturated heterocycles. The molecule has 0 aliphatic heterocycles. The van der Waals surface area contributed by atoms with Gasteiger partial charge in [0, 0.05) is 25.3 Å². The number of hydrogen-bond acceptors (Lipinski definition) is 3. The number of thiocarbonyl (C=S) groups is 1. The Kier molecular flexibility index (Phi) is 6.93. The molecule has 0 aliphatic rings. The Morgan fingerprint density at radius 2 is 1.43 bits per heavy atom. The van der Waals surface area contributed by atoms with Crippen molar-refractivity contribution < 1.29 is 9.59 Å². The minimum Gasteiger partial charge on any atom is -0.349 e. The first-order chi connectivity index (χ1) is 14.4. The maximum Gasteiger partial charge on any atom is 0.257 e. The van der Waals surface area contributed by atoms with Crippen molar-refractivity contribution in [1.29, 1.82) is 0 Å². The van der Waals surface area contributed by atoms with Crippen molar-refractivity contribution in [2.24, 2.45) is 0 Å². The van der Waals surface area contributed by atoms with Gasteiger partial charge >= 0.3 is 0 Å². The van der Waals surface area contributed by atoms with Crippen LogP contribution in [-0.2, 0) is 11.2 Å². The van der Waals surface area contributed by atoms with Crippen LogP contribution in [-0.4, -0.2) is 35.9 Å². The van der Waals surface area contributed by atoms with E-state index in [1.54, 1.807) is 31.1 Å². The van der Waals surface area contributed by atoms with Crippen LogP contribution >= 0.6 is 12.2 Å². The van der Waals surface area contributed by atoms with E-state index >= 15 is 0 Å². The Balaban J connectivity index is 1.55. The number of carbonyl (C=O) groups is 2. The van der Waals surface area contributed by atoms with Gasteiger partial charge in [0.05, 0.1) is 6.42 Å². The first-order valence-corrected chi connectivity index (χ1v) is 9.90. The van der Waals surface area contributed by atoms with Gasteiger partial charge in [0.1, 0.15) is 0 Å². The summed E-state index contributed by atoms with van der Waals surface area (Å²) in [6.07, 6.45) is 0.341. The largest absolute Gasteiger partial charge is 0.349 e. The molecule has 0 aromatic heterocycles. The molecule has 2 N–H and O–H groups in total. The van der Waals surface area contributed by atoms with E-state index in [2.05, 4.69) is 10.6 Å². The molecule has 0 radical (unpaired) electrons. The highest BCUT2D eigenvalue weighted by molar-refractivity contribution is 7.80. The van der Waals surface area contributed by atoms with Crippen molar-refractivity contribution >= 4 is 34.8 Å². The van der Waals surface area contributed by atoms with Crippen LogP contribution in [0.2, 0.25) is 0 Å². The first kappa shape index (κ1) is 21.2. The summed E-state index contributed by atoms with van der Waals surface area (Å²) in [6, 6.07) is 24.7. The second kappa shape index (κ2) is 9.80. The summed E-state index contributed by atoms with van der Waals surface area (Å²) in [5, 5.41) is 5.89. The summed E-state index contributed by atoms with van der Waals surface area (Å²) in [7, 11) is 3.46. The third-order valence-corrected chi connectivity index (χ3v) is 4.75. The number of amides is 2. The average molecular weight is 418 g/mol. The van der Waals surface area contributed by atoms with Crippen LogP contribution in [0.25, 0.3) is 11.1 Å².